The Balaban J connectivity index is 2.20. The molecule has 5 heteroatoms. The van der Waals surface area contributed by atoms with Gasteiger partial charge in [-0.3, -0.25) is 4.90 Å². The normalized spacial score (nSPS) is 12.7. The predicted molar refractivity (Wildman–Crippen MR) is 91.5 cm³/mol. The van der Waals surface area contributed by atoms with Crippen LogP contribution < -0.4 is 5.73 Å². The third-order valence-electron chi connectivity index (χ3n) is 3.46. The van der Waals surface area contributed by atoms with Crippen molar-refractivity contribution < 1.29 is 4.39 Å². The maximum absolute atomic E-state index is 13.8. The van der Waals surface area contributed by atoms with Crippen LogP contribution in [0.15, 0.2) is 51.4 Å². The molecule has 2 aromatic rings. The summed E-state index contributed by atoms with van der Waals surface area (Å²) in [6, 6.07) is 12.9. The van der Waals surface area contributed by atoms with Gasteiger partial charge in [0, 0.05) is 33.6 Å². The van der Waals surface area contributed by atoms with Gasteiger partial charge in [-0.1, -0.05) is 24.3 Å². The summed E-state index contributed by atoms with van der Waals surface area (Å²) in [5.41, 5.74) is 7.70. The fourth-order valence-electron chi connectivity index (χ4n) is 2.30. The Kier molecular flexibility index (Phi) is 5.93. The van der Waals surface area contributed by atoms with Crippen molar-refractivity contribution in [1.82, 2.24) is 4.90 Å². The van der Waals surface area contributed by atoms with Gasteiger partial charge in [0.2, 0.25) is 0 Å². The number of nitrogens with two attached hydrogens (primary N) is 1. The molecule has 0 aromatic heterocycles. The molecule has 2 nitrogen and oxygen atoms in total. The minimum atomic E-state index is -0.183. The number of hydrogen-bond acceptors (Lipinski definition) is 2. The lowest BCUT2D eigenvalue weighted by molar-refractivity contribution is 0.238. The zero-order valence-corrected chi connectivity index (χ0v) is 14.9. The van der Waals surface area contributed by atoms with Crippen LogP contribution >= 0.6 is 31.9 Å². The number of halogens is 3. The van der Waals surface area contributed by atoms with Crippen molar-refractivity contribution in [3.05, 3.63) is 68.4 Å². The van der Waals surface area contributed by atoms with Crippen LogP contribution in [0.25, 0.3) is 0 Å². The second-order valence-corrected chi connectivity index (χ2v) is 6.64. The smallest absolute Gasteiger partial charge is 0.127 e. The zero-order chi connectivity index (χ0) is 15.4. The number of nitrogens with zero attached hydrogens (tertiary/aromatic N) is 1. The summed E-state index contributed by atoms with van der Waals surface area (Å²) < 4.78 is 15.7. The summed E-state index contributed by atoms with van der Waals surface area (Å²) in [5.74, 6) is -0.183. The molecule has 0 fully saturated rings. The molecule has 1 atom stereocenters. The van der Waals surface area contributed by atoms with Crippen LogP contribution in [0.5, 0.6) is 0 Å². The molecule has 2 N–H and O–H groups in total. The lowest BCUT2D eigenvalue weighted by atomic mass is 10.0. The fourth-order valence-corrected chi connectivity index (χ4v) is 2.94. The van der Waals surface area contributed by atoms with E-state index in [1.807, 2.05) is 31.3 Å². The molecular weight excluding hydrogens is 399 g/mol. The van der Waals surface area contributed by atoms with Crippen LogP contribution in [0.2, 0.25) is 0 Å². The first-order valence-corrected chi connectivity index (χ1v) is 8.20. The molecule has 112 valence electrons. The van der Waals surface area contributed by atoms with Crippen molar-refractivity contribution >= 4 is 31.9 Å². The molecule has 0 saturated heterocycles. The van der Waals surface area contributed by atoms with Gasteiger partial charge < -0.3 is 5.73 Å². The molecule has 0 aliphatic carbocycles. The first-order valence-electron chi connectivity index (χ1n) is 6.61. The summed E-state index contributed by atoms with van der Waals surface area (Å²) in [7, 11) is 1.96. The van der Waals surface area contributed by atoms with E-state index in [1.54, 1.807) is 12.1 Å². The molecule has 2 aromatic carbocycles. The van der Waals surface area contributed by atoms with E-state index in [4.69, 9.17) is 5.73 Å². The Labute approximate surface area is 141 Å². The topological polar surface area (TPSA) is 29.3 Å². The van der Waals surface area contributed by atoms with Crippen LogP contribution in [0.3, 0.4) is 0 Å². The number of rotatable bonds is 5. The van der Waals surface area contributed by atoms with E-state index >= 15 is 0 Å². The Morgan fingerprint density at radius 3 is 2.48 bits per heavy atom. The average Bonchev–Trinajstić information content (AvgIpc) is 2.46. The zero-order valence-electron chi connectivity index (χ0n) is 11.7. The Hall–Kier alpha value is -0.750. The SMILES string of the molecule is CN(Cc1ccccc1F)C(CN)c1ccc(Br)c(Br)c1. The van der Waals surface area contributed by atoms with Crippen LogP contribution in [0, 0.1) is 5.82 Å². The van der Waals surface area contributed by atoms with E-state index in [9.17, 15) is 4.39 Å². The second kappa shape index (κ2) is 7.49. The summed E-state index contributed by atoms with van der Waals surface area (Å²) in [4.78, 5) is 2.06. The quantitative estimate of drug-likeness (QED) is 0.779. The van der Waals surface area contributed by atoms with E-state index in [0.717, 1.165) is 14.5 Å². The largest absolute Gasteiger partial charge is 0.329 e. The van der Waals surface area contributed by atoms with E-state index in [1.165, 1.54) is 6.07 Å². The van der Waals surface area contributed by atoms with Gasteiger partial charge in [-0.2, -0.15) is 0 Å². The highest BCUT2D eigenvalue weighted by molar-refractivity contribution is 9.13. The van der Waals surface area contributed by atoms with E-state index < -0.39 is 0 Å². The minimum Gasteiger partial charge on any atom is -0.329 e. The third-order valence-corrected chi connectivity index (χ3v) is 5.34. The van der Waals surface area contributed by atoms with E-state index in [0.29, 0.717) is 18.7 Å². The lowest BCUT2D eigenvalue weighted by Crippen LogP contribution is -2.30. The van der Waals surface area contributed by atoms with Gasteiger partial charge in [0.15, 0.2) is 0 Å². The Bertz CT molecular complexity index is 619. The van der Waals surface area contributed by atoms with Gasteiger partial charge in [-0.25, -0.2) is 4.39 Å². The summed E-state index contributed by atoms with van der Waals surface area (Å²) >= 11 is 6.96. The van der Waals surface area contributed by atoms with Crippen molar-refractivity contribution in [1.29, 1.82) is 0 Å². The van der Waals surface area contributed by atoms with Crippen LogP contribution in [-0.4, -0.2) is 18.5 Å². The van der Waals surface area contributed by atoms with E-state index in [2.05, 4.69) is 36.8 Å². The molecule has 0 aliphatic rings. The maximum atomic E-state index is 13.8. The van der Waals surface area contributed by atoms with Crippen molar-refractivity contribution in [3.8, 4) is 0 Å². The van der Waals surface area contributed by atoms with Gasteiger partial charge in [0.25, 0.3) is 0 Å². The molecule has 21 heavy (non-hydrogen) atoms. The number of likely N-dealkylation sites (N-methyl/N-ethyl adjacent to an activating group) is 1. The number of benzene rings is 2. The van der Waals surface area contributed by atoms with Crippen molar-refractivity contribution in [2.24, 2.45) is 5.73 Å². The lowest BCUT2D eigenvalue weighted by Gasteiger charge is -2.28. The molecule has 0 radical (unpaired) electrons. The van der Waals surface area contributed by atoms with Gasteiger partial charge in [-0.15, -0.1) is 0 Å². The first kappa shape index (κ1) is 16.6. The molecule has 0 bridgehead atoms. The average molecular weight is 416 g/mol. The summed E-state index contributed by atoms with van der Waals surface area (Å²) in [5, 5.41) is 0. The molecule has 1 unspecified atom stereocenters. The van der Waals surface area contributed by atoms with Crippen molar-refractivity contribution in [2.45, 2.75) is 12.6 Å². The molecule has 0 aliphatic heterocycles. The maximum Gasteiger partial charge on any atom is 0.127 e. The Morgan fingerprint density at radius 2 is 1.86 bits per heavy atom. The highest BCUT2D eigenvalue weighted by Crippen LogP contribution is 2.29. The van der Waals surface area contributed by atoms with Gasteiger partial charge in [-0.05, 0) is 62.7 Å². The van der Waals surface area contributed by atoms with Gasteiger partial charge in [0.1, 0.15) is 5.82 Å². The standard InChI is InChI=1S/C16H17Br2FN2/c1-21(10-12-4-2-3-5-15(12)19)16(9-20)11-6-7-13(17)14(18)8-11/h2-8,16H,9-10,20H2,1H3. The Morgan fingerprint density at radius 1 is 1.14 bits per heavy atom. The molecule has 0 spiro atoms. The summed E-state index contributed by atoms with van der Waals surface area (Å²) in [6.45, 7) is 0.987. The molecular formula is C16H17Br2FN2. The van der Waals surface area contributed by atoms with Gasteiger partial charge in [0.05, 0.1) is 0 Å². The second-order valence-electron chi connectivity index (χ2n) is 4.93. The predicted octanol–water partition coefficient (Wildman–Crippen LogP) is 4.48. The fraction of sp³-hybridized carbons (Fsp3) is 0.250. The van der Waals surface area contributed by atoms with E-state index in [-0.39, 0.29) is 11.9 Å². The highest BCUT2D eigenvalue weighted by atomic mass is 79.9. The third kappa shape index (κ3) is 4.13. The van der Waals surface area contributed by atoms with Crippen LogP contribution in [0.1, 0.15) is 17.2 Å². The molecule has 0 saturated carbocycles. The van der Waals surface area contributed by atoms with Crippen LogP contribution in [0.4, 0.5) is 4.39 Å². The van der Waals surface area contributed by atoms with Crippen molar-refractivity contribution in [3.63, 3.8) is 0 Å². The van der Waals surface area contributed by atoms with Crippen LogP contribution in [-0.2, 0) is 6.54 Å². The van der Waals surface area contributed by atoms with Gasteiger partial charge >= 0.3 is 0 Å². The molecule has 0 amide bonds. The minimum absolute atomic E-state index is 0.0361. The highest BCUT2D eigenvalue weighted by Gasteiger charge is 2.17. The first-order chi connectivity index (χ1) is 10.0. The molecule has 0 heterocycles. The molecule has 2 rings (SSSR count). The number of hydrogen-bond donors (Lipinski definition) is 1. The monoisotopic (exact) mass is 414 g/mol. The summed E-state index contributed by atoms with van der Waals surface area (Å²) in [6.07, 6.45) is 0. The van der Waals surface area contributed by atoms with Crippen molar-refractivity contribution in [2.75, 3.05) is 13.6 Å².